The molecule has 1 aliphatic rings. The fourth-order valence-electron chi connectivity index (χ4n) is 1.14. The van der Waals surface area contributed by atoms with Crippen LogP contribution in [0.5, 0.6) is 6.01 Å². The van der Waals surface area contributed by atoms with Crippen LogP contribution in [-0.4, -0.2) is 16.2 Å². The molecule has 0 spiro atoms. The first-order valence-corrected chi connectivity index (χ1v) is 3.48. The minimum atomic E-state index is -0.0231. The molecule has 0 saturated carbocycles. The van der Waals surface area contributed by atoms with Gasteiger partial charge in [0.05, 0.1) is 6.54 Å². The van der Waals surface area contributed by atoms with Crippen LogP contribution in [0.4, 0.5) is 0 Å². The van der Waals surface area contributed by atoms with Gasteiger partial charge in [-0.05, 0) is 6.92 Å². The molecule has 0 unspecified atom stereocenters. The zero-order valence-corrected chi connectivity index (χ0v) is 6.20. The standard InChI is InChI=1S/C7H8N2O2/c1-5-4-6(10)9-2-3-11-7(9)8-5/h4H,2-3H2,1H3. The summed E-state index contributed by atoms with van der Waals surface area (Å²) in [6.07, 6.45) is 0. The van der Waals surface area contributed by atoms with E-state index in [4.69, 9.17) is 4.74 Å². The van der Waals surface area contributed by atoms with Crippen LogP contribution in [0.15, 0.2) is 10.9 Å². The molecule has 0 fully saturated rings. The molecule has 0 N–H and O–H groups in total. The van der Waals surface area contributed by atoms with E-state index in [2.05, 4.69) is 4.98 Å². The fraction of sp³-hybridized carbons (Fsp3) is 0.429. The summed E-state index contributed by atoms with van der Waals surface area (Å²) >= 11 is 0. The Labute approximate surface area is 63.4 Å². The molecular weight excluding hydrogens is 144 g/mol. The molecule has 2 heterocycles. The number of nitrogens with zero attached hydrogens (tertiary/aromatic N) is 2. The van der Waals surface area contributed by atoms with E-state index in [-0.39, 0.29) is 5.56 Å². The molecule has 0 aliphatic carbocycles. The lowest BCUT2D eigenvalue weighted by atomic mass is 10.4. The maximum atomic E-state index is 11.2. The highest BCUT2D eigenvalue weighted by molar-refractivity contribution is 5.08. The summed E-state index contributed by atoms with van der Waals surface area (Å²) < 4.78 is 6.65. The zero-order chi connectivity index (χ0) is 7.84. The molecular formula is C7H8N2O2. The van der Waals surface area contributed by atoms with Crippen molar-refractivity contribution >= 4 is 0 Å². The predicted octanol–water partition coefficient (Wildman–Crippen LogP) is -0.0559. The van der Waals surface area contributed by atoms with Gasteiger partial charge in [-0.25, -0.2) is 4.98 Å². The summed E-state index contributed by atoms with van der Waals surface area (Å²) in [6.45, 7) is 2.97. The predicted molar refractivity (Wildman–Crippen MR) is 38.7 cm³/mol. The minimum Gasteiger partial charge on any atom is -0.463 e. The first kappa shape index (κ1) is 6.39. The monoisotopic (exact) mass is 152 g/mol. The normalized spacial score (nSPS) is 14.3. The quantitative estimate of drug-likeness (QED) is 0.523. The van der Waals surface area contributed by atoms with Crippen LogP contribution < -0.4 is 10.3 Å². The minimum absolute atomic E-state index is 0.0231. The Morgan fingerprint density at radius 3 is 3.36 bits per heavy atom. The van der Waals surface area contributed by atoms with Crippen LogP contribution in [0.25, 0.3) is 0 Å². The van der Waals surface area contributed by atoms with Gasteiger partial charge in [-0.15, -0.1) is 0 Å². The number of fused-ring (bicyclic) bond motifs is 1. The second-order valence-corrected chi connectivity index (χ2v) is 2.52. The Morgan fingerprint density at radius 1 is 1.73 bits per heavy atom. The lowest BCUT2D eigenvalue weighted by Gasteiger charge is -1.98. The Bertz CT molecular complexity index is 343. The smallest absolute Gasteiger partial charge is 0.299 e. The summed E-state index contributed by atoms with van der Waals surface area (Å²) in [4.78, 5) is 15.2. The number of aryl methyl sites for hydroxylation is 1. The molecule has 0 saturated heterocycles. The van der Waals surface area contributed by atoms with Crippen molar-refractivity contribution in [3.63, 3.8) is 0 Å². The van der Waals surface area contributed by atoms with Gasteiger partial charge in [0, 0.05) is 11.8 Å². The van der Waals surface area contributed by atoms with Gasteiger partial charge in [-0.3, -0.25) is 9.36 Å². The van der Waals surface area contributed by atoms with Crippen LogP contribution in [-0.2, 0) is 6.54 Å². The Morgan fingerprint density at radius 2 is 2.55 bits per heavy atom. The highest BCUT2D eigenvalue weighted by Gasteiger charge is 2.13. The highest BCUT2D eigenvalue weighted by Crippen LogP contribution is 2.09. The van der Waals surface area contributed by atoms with Crippen molar-refractivity contribution < 1.29 is 4.74 Å². The number of hydrogen-bond acceptors (Lipinski definition) is 3. The van der Waals surface area contributed by atoms with Gasteiger partial charge in [-0.1, -0.05) is 0 Å². The maximum Gasteiger partial charge on any atom is 0.299 e. The average Bonchev–Trinajstić information content (AvgIpc) is 2.34. The summed E-state index contributed by atoms with van der Waals surface area (Å²) in [5, 5.41) is 0. The van der Waals surface area contributed by atoms with E-state index in [1.807, 2.05) is 0 Å². The summed E-state index contributed by atoms with van der Waals surface area (Å²) in [5.41, 5.74) is 0.688. The molecule has 1 aromatic heterocycles. The number of hydrogen-bond donors (Lipinski definition) is 0. The van der Waals surface area contributed by atoms with Crippen molar-refractivity contribution in [2.45, 2.75) is 13.5 Å². The Hall–Kier alpha value is -1.32. The molecule has 1 aromatic rings. The van der Waals surface area contributed by atoms with Gasteiger partial charge in [-0.2, -0.15) is 0 Å². The number of rotatable bonds is 0. The van der Waals surface area contributed by atoms with Crippen LogP contribution in [0, 0.1) is 6.92 Å². The molecule has 4 nitrogen and oxygen atoms in total. The van der Waals surface area contributed by atoms with Crippen LogP contribution >= 0.6 is 0 Å². The third kappa shape index (κ3) is 0.906. The first-order chi connectivity index (χ1) is 5.27. The summed E-state index contributed by atoms with van der Waals surface area (Å²) in [7, 11) is 0. The molecule has 4 heteroatoms. The van der Waals surface area contributed by atoms with E-state index in [9.17, 15) is 4.79 Å². The van der Waals surface area contributed by atoms with Crippen molar-refractivity contribution in [3.05, 3.63) is 22.1 Å². The van der Waals surface area contributed by atoms with E-state index in [0.717, 1.165) is 0 Å². The molecule has 11 heavy (non-hydrogen) atoms. The van der Waals surface area contributed by atoms with Gasteiger partial charge < -0.3 is 4.74 Å². The molecule has 0 aromatic carbocycles. The molecule has 0 atom stereocenters. The van der Waals surface area contributed by atoms with Crippen molar-refractivity contribution in [2.75, 3.05) is 6.61 Å². The number of ether oxygens (including phenoxy) is 1. The molecule has 0 amide bonds. The van der Waals surface area contributed by atoms with Crippen molar-refractivity contribution in [2.24, 2.45) is 0 Å². The van der Waals surface area contributed by atoms with Gasteiger partial charge in [0.15, 0.2) is 0 Å². The molecule has 58 valence electrons. The van der Waals surface area contributed by atoms with Crippen molar-refractivity contribution in [3.8, 4) is 6.01 Å². The average molecular weight is 152 g/mol. The molecule has 0 bridgehead atoms. The third-order valence-electron chi connectivity index (χ3n) is 1.65. The van der Waals surface area contributed by atoms with Gasteiger partial charge in [0.2, 0.25) is 0 Å². The topological polar surface area (TPSA) is 44.1 Å². The zero-order valence-electron chi connectivity index (χ0n) is 6.20. The lowest BCUT2D eigenvalue weighted by Crippen LogP contribution is -2.17. The molecule has 0 radical (unpaired) electrons. The summed E-state index contributed by atoms with van der Waals surface area (Å²) in [5.74, 6) is 0. The van der Waals surface area contributed by atoms with Gasteiger partial charge in [0.25, 0.3) is 11.6 Å². The van der Waals surface area contributed by atoms with Gasteiger partial charge in [0.1, 0.15) is 6.61 Å². The Balaban J connectivity index is 2.70. The van der Waals surface area contributed by atoms with E-state index < -0.39 is 0 Å². The largest absolute Gasteiger partial charge is 0.463 e. The van der Waals surface area contributed by atoms with Crippen molar-refractivity contribution in [1.82, 2.24) is 9.55 Å². The van der Waals surface area contributed by atoms with E-state index in [1.165, 1.54) is 10.6 Å². The molecule has 1 aliphatic heterocycles. The van der Waals surface area contributed by atoms with Gasteiger partial charge >= 0.3 is 0 Å². The second-order valence-electron chi connectivity index (χ2n) is 2.52. The van der Waals surface area contributed by atoms with Crippen LogP contribution in [0.1, 0.15) is 5.69 Å². The van der Waals surface area contributed by atoms with Crippen molar-refractivity contribution in [1.29, 1.82) is 0 Å². The van der Waals surface area contributed by atoms with E-state index >= 15 is 0 Å². The van der Waals surface area contributed by atoms with E-state index in [0.29, 0.717) is 24.9 Å². The lowest BCUT2D eigenvalue weighted by molar-refractivity contribution is 0.344. The second kappa shape index (κ2) is 2.08. The fourth-order valence-corrected chi connectivity index (χ4v) is 1.14. The SMILES string of the molecule is Cc1cc(=O)n2c(n1)OCC2. The van der Waals surface area contributed by atoms with E-state index in [1.54, 1.807) is 6.92 Å². The van der Waals surface area contributed by atoms with Crippen LogP contribution in [0.3, 0.4) is 0 Å². The van der Waals surface area contributed by atoms with Crippen LogP contribution in [0.2, 0.25) is 0 Å². The number of aromatic nitrogens is 2. The maximum absolute atomic E-state index is 11.2. The third-order valence-corrected chi connectivity index (χ3v) is 1.65. The first-order valence-electron chi connectivity index (χ1n) is 3.48. The highest BCUT2D eigenvalue weighted by atomic mass is 16.5. The Kier molecular flexibility index (Phi) is 1.21. The summed E-state index contributed by atoms with van der Waals surface area (Å²) in [6, 6.07) is 1.97. The molecule has 2 rings (SSSR count).